The average Bonchev–Trinajstić information content (AvgIpc) is 1.87. The van der Waals surface area contributed by atoms with E-state index in [1.54, 1.807) is 0 Å². The highest BCUT2D eigenvalue weighted by Gasteiger charge is 2.07. The molecule has 0 radical (unpaired) electrons. The van der Waals surface area contributed by atoms with E-state index in [1.165, 1.54) is 12.0 Å². The summed E-state index contributed by atoms with van der Waals surface area (Å²) in [7, 11) is 0. The molecule has 0 aromatic rings. The molecule has 0 heteroatoms. The molecule has 0 N–H and O–H groups in total. The van der Waals surface area contributed by atoms with Crippen LogP contribution in [0.2, 0.25) is 0 Å². The van der Waals surface area contributed by atoms with Crippen LogP contribution in [0, 0.1) is 11.8 Å². The van der Waals surface area contributed by atoms with Crippen molar-refractivity contribution in [3.05, 3.63) is 11.6 Å². The SMILES string of the molecule is CC/C=C(\C)C(C)C(C)C. The minimum atomic E-state index is 0.750. The van der Waals surface area contributed by atoms with Gasteiger partial charge in [0.1, 0.15) is 0 Å². The summed E-state index contributed by atoms with van der Waals surface area (Å²) in [6.45, 7) is 11.3. The zero-order valence-corrected chi connectivity index (χ0v) is 7.94. The van der Waals surface area contributed by atoms with Crippen LogP contribution in [0.5, 0.6) is 0 Å². The molecule has 60 valence electrons. The molecule has 0 aliphatic rings. The van der Waals surface area contributed by atoms with Crippen molar-refractivity contribution in [2.45, 2.75) is 41.0 Å². The highest BCUT2D eigenvalue weighted by atomic mass is 14.1. The van der Waals surface area contributed by atoms with E-state index in [1.807, 2.05) is 0 Å². The molecule has 1 atom stereocenters. The fraction of sp³-hybridized carbons (Fsp3) is 0.800. The fourth-order valence-corrected chi connectivity index (χ4v) is 1.03. The predicted molar refractivity (Wildman–Crippen MR) is 48.1 cm³/mol. The number of allylic oxidation sites excluding steroid dienone is 2. The van der Waals surface area contributed by atoms with Gasteiger partial charge < -0.3 is 0 Å². The van der Waals surface area contributed by atoms with Crippen LogP contribution in [0.25, 0.3) is 0 Å². The van der Waals surface area contributed by atoms with Gasteiger partial charge in [0.2, 0.25) is 0 Å². The van der Waals surface area contributed by atoms with Crippen molar-refractivity contribution in [1.29, 1.82) is 0 Å². The lowest BCUT2D eigenvalue weighted by atomic mass is 9.90. The first-order chi connectivity index (χ1) is 4.59. The third-order valence-electron chi connectivity index (χ3n) is 2.24. The third kappa shape index (κ3) is 3.05. The Morgan fingerprint density at radius 1 is 1.30 bits per heavy atom. The van der Waals surface area contributed by atoms with Gasteiger partial charge in [-0.15, -0.1) is 0 Å². The quantitative estimate of drug-likeness (QED) is 0.525. The van der Waals surface area contributed by atoms with Gasteiger partial charge in [0, 0.05) is 0 Å². The van der Waals surface area contributed by atoms with Crippen LogP contribution in [-0.4, -0.2) is 0 Å². The van der Waals surface area contributed by atoms with E-state index in [0.717, 1.165) is 11.8 Å². The topological polar surface area (TPSA) is 0 Å². The Hall–Kier alpha value is -0.260. The van der Waals surface area contributed by atoms with Crippen LogP contribution >= 0.6 is 0 Å². The summed E-state index contributed by atoms with van der Waals surface area (Å²) in [4.78, 5) is 0. The summed E-state index contributed by atoms with van der Waals surface area (Å²) in [5.41, 5.74) is 1.54. The molecule has 0 saturated heterocycles. The van der Waals surface area contributed by atoms with Crippen LogP contribution < -0.4 is 0 Å². The van der Waals surface area contributed by atoms with Crippen molar-refractivity contribution in [2.75, 3.05) is 0 Å². The van der Waals surface area contributed by atoms with Crippen molar-refractivity contribution in [3.63, 3.8) is 0 Å². The molecule has 0 saturated carbocycles. The maximum absolute atomic E-state index is 2.32. The first-order valence-corrected chi connectivity index (χ1v) is 4.26. The van der Waals surface area contributed by atoms with Gasteiger partial charge >= 0.3 is 0 Å². The fourth-order valence-electron chi connectivity index (χ4n) is 1.03. The molecule has 0 fully saturated rings. The van der Waals surface area contributed by atoms with Gasteiger partial charge in [-0.1, -0.05) is 39.3 Å². The Bertz CT molecular complexity index is 109. The van der Waals surface area contributed by atoms with Crippen LogP contribution in [0.4, 0.5) is 0 Å². The second-order valence-corrected chi connectivity index (χ2v) is 3.39. The highest BCUT2D eigenvalue weighted by Crippen LogP contribution is 2.18. The molecular formula is C10H20. The minimum absolute atomic E-state index is 0.750. The lowest BCUT2D eigenvalue weighted by molar-refractivity contribution is 0.479. The van der Waals surface area contributed by atoms with Gasteiger partial charge in [0.15, 0.2) is 0 Å². The van der Waals surface area contributed by atoms with Crippen molar-refractivity contribution in [1.82, 2.24) is 0 Å². The second-order valence-electron chi connectivity index (χ2n) is 3.39. The average molecular weight is 140 g/mol. The summed E-state index contributed by atoms with van der Waals surface area (Å²) in [5, 5.41) is 0. The van der Waals surface area contributed by atoms with Crippen molar-refractivity contribution in [3.8, 4) is 0 Å². The van der Waals surface area contributed by atoms with Crippen LogP contribution in [0.15, 0.2) is 11.6 Å². The maximum atomic E-state index is 2.32. The summed E-state index contributed by atoms with van der Waals surface area (Å²) in [5.74, 6) is 1.53. The smallest absolute Gasteiger partial charge is 0.0211 e. The Balaban J connectivity index is 3.93. The largest absolute Gasteiger partial charge is 0.0856 e. The van der Waals surface area contributed by atoms with Crippen molar-refractivity contribution >= 4 is 0 Å². The van der Waals surface area contributed by atoms with Crippen LogP contribution in [0.1, 0.15) is 41.0 Å². The molecule has 0 spiro atoms. The first-order valence-electron chi connectivity index (χ1n) is 4.26. The van der Waals surface area contributed by atoms with E-state index < -0.39 is 0 Å². The predicted octanol–water partition coefficient (Wildman–Crippen LogP) is 3.63. The third-order valence-corrected chi connectivity index (χ3v) is 2.24. The standard InChI is InChI=1S/C10H20/c1-6-7-9(4)10(5)8(2)3/h7-8,10H,6H2,1-5H3/b9-7+. The Morgan fingerprint density at radius 3 is 2.10 bits per heavy atom. The molecule has 0 nitrogen and oxygen atoms in total. The summed E-state index contributed by atoms with van der Waals surface area (Å²) in [6, 6.07) is 0. The summed E-state index contributed by atoms with van der Waals surface area (Å²) in [6.07, 6.45) is 3.49. The molecule has 0 aromatic heterocycles. The Kier molecular flexibility index (Phi) is 4.42. The van der Waals surface area contributed by atoms with Gasteiger partial charge in [-0.3, -0.25) is 0 Å². The van der Waals surface area contributed by atoms with E-state index in [0.29, 0.717) is 0 Å². The lowest BCUT2D eigenvalue weighted by Gasteiger charge is -2.15. The molecule has 10 heavy (non-hydrogen) atoms. The van der Waals surface area contributed by atoms with Crippen molar-refractivity contribution in [2.24, 2.45) is 11.8 Å². The van der Waals surface area contributed by atoms with E-state index in [9.17, 15) is 0 Å². The maximum Gasteiger partial charge on any atom is -0.0211 e. The molecule has 0 aromatic carbocycles. The molecule has 0 amide bonds. The monoisotopic (exact) mass is 140 g/mol. The second kappa shape index (κ2) is 4.54. The molecule has 0 rings (SSSR count). The van der Waals surface area contributed by atoms with Gasteiger partial charge in [0.25, 0.3) is 0 Å². The Morgan fingerprint density at radius 2 is 1.80 bits per heavy atom. The first kappa shape index (κ1) is 9.74. The molecular weight excluding hydrogens is 120 g/mol. The number of rotatable bonds is 3. The molecule has 0 aliphatic carbocycles. The van der Waals surface area contributed by atoms with Gasteiger partial charge in [-0.25, -0.2) is 0 Å². The summed E-state index contributed by atoms with van der Waals surface area (Å²) >= 11 is 0. The van der Waals surface area contributed by atoms with E-state index >= 15 is 0 Å². The van der Waals surface area contributed by atoms with E-state index in [2.05, 4.69) is 40.7 Å². The molecule has 0 bridgehead atoms. The number of hydrogen-bond acceptors (Lipinski definition) is 0. The van der Waals surface area contributed by atoms with Gasteiger partial charge in [0.05, 0.1) is 0 Å². The molecule has 1 unspecified atom stereocenters. The zero-order valence-electron chi connectivity index (χ0n) is 7.94. The van der Waals surface area contributed by atoms with Crippen LogP contribution in [0.3, 0.4) is 0 Å². The normalized spacial score (nSPS) is 16.0. The molecule has 0 heterocycles. The van der Waals surface area contributed by atoms with Crippen molar-refractivity contribution < 1.29 is 0 Å². The van der Waals surface area contributed by atoms with Gasteiger partial charge in [-0.2, -0.15) is 0 Å². The lowest BCUT2D eigenvalue weighted by Crippen LogP contribution is -2.04. The minimum Gasteiger partial charge on any atom is -0.0856 e. The van der Waals surface area contributed by atoms with E-state index in [-0.39, 0.29) is 0 Å². The zero-order chi connectivity index (χ0) is 8.15. The number of hydrogen-bond donors (Lipinski definition) is 0. The molecule has 0 aliphatic heterocycles. The van der Waals surface area contributed by atoms with E-state index in [4.69, 9.17) is 0 Å². The highest BCUT2D eigenvalue weighted by molar-refractivity contribution is 5.02. The van der Waals surface area contributed by atoms with Crippen LogP contribution in [-0.2, 0) is 0 Å². The Labute approximate surface area is 65.3 Å². The summed E-state index contributed by atoms with van der Waals surface area (Å²) < 4.78 is 0. The van der Waals surface area contributed by atoms with Gasteiger partial charge in [-0.05, 0) is 25.2 Å².